The Bertz CT molecular complexity index is 142. The van der Waals surface area contributed by atoms with Gasteiger partial charge in [-0.15, -0.1) is 0 Å². The second kappa shape index (κ2) is 4.99. The Morgan fingerprint density at radius 2 is 1.70 bits per heavy atom. The van der Waals surface area contributed by atoms with Crippen molar-refractivity contribution in [2.45, 2.75) is 34.6 Å². The molecule has 0 fully saturated rings. The first kappa shape index (κ1) is 11.9. The molecular formula is C8H15NO. The molecule has 0 radical (unpaired) electrons. The first-order valence-electron chi connectivity index (χ1n) is 3.43. The Hall–Kier alpha value is -0.840. The lowest BCUT2D eigenvalue weighted by Crippen LogP contribution is -2.17. The number of nitrogens with zero attached hydrogens (tertiary/aromatic N) is 1. The highest BCUT2D eigenvalue weighted by Gasteiger charge is 2.21. The summed E-state index contributed by atoms with van der Waals surface area (Å²) in [5.41, 5.74) is -0.792. The second-order valence-corrected chi connectivity index (χ2v) is 2.29. The lowest BCUT2D eigenvalue weighted by atomic mass is 9.91. The van der Waals surface area contributed by atoms with Gasteiger partial charge in [0, 0.05) is 0 Å². The molecule has 2 nitrogen and oxygen atoms in total. The van der Waals surface area contributed by atoms with Gasteiger partial charge >= 0.3 is 0 Å². The summed E-state index contributed by atoms with van der Waals surface area (Å²) in [4.78, 5) is 10.5. The van der Waals surface area contributed by atoms with Crippen LogP contribution in [-0.4, -0.2) is 5.78 Å². The first-order chi connectivity index (χ1) is 4.50. The molecule has 0 atom stereocenters. The van der Waals surface area contributed by atoms with Gasteiger partial charge in [-0.2, -0.15) is 5.26 Å². The van der Waals surface area contributed by atoms with Crippen molar-refractivity contribution in [2.24, 2.45) is 5.41 Å². The van der Waals surface area contributed by atoms with Crippen molar-refractivity contribution in [3.05, 3.63) is 0 Å². The van der Waals surface area contributed by atoms with E-state index < -0.39 is 5.41 Å². The summed E-state index contributed by atoms with van der Waals surface area (Å²) in [5.74, 6) is -0.0833. The van der Waals surface area contributed by atoms with E-state index in [0.717, 1.165) is 0 Å². The lowest BCUT2D eigenvalue weighted by Gasteiger charge is -2.07. The van der Waals surface area contributed by atoms with Crippen molar-refractivity contribution in [3.8, 4) is 6.07 Å². The van der Waals surface area contributed by atoms with Gasteiger partial charge in [-0.3, -0.25) is 4.79 Å². The average molecular weight is 141 g/mol. The predicted molar refractivity (Wildman–Crippen MR) is 41.4 cm³/mol. The summed E-state index contributed by atoms with van der Waals surface area (Å²) in [7, 11) is 0. The highest BCUT2D eigenvalue weighted by atomic mass is 16.1. The smallest absolute Gasteiger partial charge is 0.149 e. The number of hydrogen-bond donors (Lipinski definition) is 0. The highest BCUT2D eigenvalue weighted by molar-refractivity contribution is 5.84. The van der Waals surface area contributed by atoms with Crippen molar-refractivity contribution in [1.29, 1.82) is 5.26 Å². The summed E-state index contributed by atoms with van der Waals surface area (Å²) in [5, 5.41) is 8.29. The van der Waals surface area contributed by atoms with Crippen LogP contribution < -0.4 is 0 Å². The SMILES string of the molecule is CC.CC(=O)C(C)(C)C#N. The summed E-state index contributed by atoms with van der Waals surface area (Å²) in [6.45, 7) is 8.63. The Balaban J connectivity index is 0. The van der Waals surface area contributed by atoms with Gasteiger partial charge in [0.15, 0.2) is 0 Å². The molecule has 0 saturated carbocycles. The predicted octanol–water partition coefficient (Wildman–Crippen LogP) is 2.15. The van der Waals surface area contributed by atoms with E-state index in [1.807, 2.05) is 19.9 Å². The van der Waals surface area contributed by atoms with Gasteiger partial charge in [0.05, 0.1) is 6.07 Å². The van der Waals surface area contributed by atoms with Crippen LogP contribution in [-0.2, 0) is 4.79 Å². The van der Waals surface area contributed by atoms with Crippen LogP contribution in [0.2, 0.25) is 0 Å². The van der Waals surface area contributed by atoms with Gasteiger partial charge in [-0.05, 0) is 20.8 Å². The number of ketones is 1. The molecule has 0 saturated heterocycles. The third-order valence-corrected chi connectivity index (χ3v) is 1.16. The molecular weight excluding hydrogens is 126 g/mol. The quantitative estimate of drug-likeness (QED) is 0.561. The van der Waals surface area contributed by atoms with Crippen LogP contribution in [0.3, 0.4) is 0 Å². The van der Waals surface area contributed by atoms with Crippen LogP contribution in [0.1, 0.15) is 34.6 Å². The standard InChI is InChI=1S/C6H9NO.C2H6/c1-5(8)6(2,3)4-7;1-2/h1-3H3;1-2H3. The zero-order valence-corrected chi connectivity index (χ0v) is 7.36. The Morgan fingerprint density at radius 1 is 1.40 bits per heavy atom. The van der Waals surface area contributed by atoms with Crippen LogP contribution in [0.5, 0.6) is 0 Å². The number of Topliss-reactive ketones (excluding diaryl/α,β-unsaturated/α-hetero) is 1. The third kappa shape index (κ3) is 4.08. The summed E-state index contributed by atoms with van der Waals surface area (Å²) in [6, 6.07) is 1.89. The van der Waals surface area contributed by atoms with Gasteiger partial charge in [0.1, 0.15) is 11.2 Å². The number of nitriles is 1. The monoisotopic (exact) mass is 141 g/mol. The zero-order valence-electron chi connectivity index (χ0n) is 7.36. The molecule has 0 aromatic rings. The number of carbonyl (C=O) groups excluding carboxylic acids is 1. The molecule has 0 aliphatic carbocycles. The normalized spacial score (nSPS) is 8.80. The molecule has 0 bridgehead atoms. The van der Waals surface area contributed by atoms with Gasteiger partial charge < -0.3 is 0 Å². The summed E-state index contributed by atoms with van der Waals surface area (Å²) >= 11 is 0. The second-order valence-electron chi connectivity index (χ2n) is 2.29. The van der Waals surface area contributed by atoms with Gasteiger partial charge in [0.2, 0.25) is 0 Å². The van der Waals surface area contributed by atoms with Crippen LogP contribution in [0.15, 0.2) is 0 Å². The van der Waals surface area contributed by atoms with Crippen LogP contribution in [0.4, 0.5) is 0 Å². The maximum Gasteiger partial charge on any atom is 0.149 e. The van der Waals surface area contributed by atoms with Crippen LogP contribution >= 0.6 is 0 Å². The maximum atomic E-state index is 10.5. The van der Waals surface area contributed by atoms with E-state index in [4.69, 9.17) is 5.26 Å². The number of carbonyl (C=O) groups is 1. The molecule has 0 amide bonds. The molecule has 0 spiro atoms. The minimum Gasteiger partial charge on any atom is -0.298 e. The van der Waals surface area contributed by atoms with Crippen LogP contribution in [0, 0.1) is 16.7 Å². The van der Waals surface area contributed by atoms with E-state index in [1.54, 1.807) is 13.8 Å². The maximum absolute atomic E-state index is 10.5. The molecule has 0 aliphatic rings. The summed E-state index contributed by atoms with van der Waals surface area (Å²) in [6.07, 6.45) is 0. The van der Waals surface area contributed by atoms with Crippen molar-refractivity contribution in [1.82, 2.24) is 0 Å². The lowest BCUT2D eigenvalue weighted by molar-refractivity contribution is -0.122. The molecule has 0 heterocycles. The highest BCUT2D eigenvalue weighted by Crippen LogP contribution is 2.12. The van der Waals surface area contributed by atoms with Crippen molar-refractivity contribution in [2.75, 3.05) is 0 Å². The average Bonchev–Trinajstić information content (AvgIpc) is 1.92. The number of rotatable bonds is 1. The van der Waals surface area contributed by atoms with E-state index in [2.05, 4.69) is 0 Å². The zero-order chi connectivity index (χ0) is 8.78. The Kier molecular flexibility index (Phi) is 5.93. The van der Waals surface area contributed by atoms with Gasteiger partial charge in [0.25, 0.3) is 0 Å². The van der Waals surface area contributed by atoms with E-state index >= 15 is 0 Å². The molecule has 2 heteroatoms. The first-order valence-corrected chi connectivity index (χ1v) is 3.43. The van der Waals surface area contributed by atoms with E-state index in [1.165, 1.54) is 6.92 Å². The number of hydrogen-bond acceptors (Lipinski definition) is 2. The van der Waals surface area contributed by atoms with Crippen molar-refractivity contribution in [3.63, 3.8) is 0 Å². The fraction of sp³-hybridized carbons (Fsp3) is 0.750. The van der Waals surface area contributed by atoms with E-state index in [0.29, 0.717) is 0 Å². The molecule has 0 aliphatic heterocycles. The van der Waals surface area contributed by atoms with E-state index in [9.17, 15) is 4.79 Å². The van der Waals surface area contributed by atoms with Crippen molar-refractivity contribution >= 4 is 5.78 Å². The molecule has 58 valence electrons. The molecule has 10 heavy (non-hydrogen) atoms. The molecule has 0 N–H and O–H groups in total. The fourth-order valence-electron chi connectivity index (χ4n) is 0.0787. The van der Waals surface area contributed by atoms with Crippen molar-refractivity contribution < 1.29 is 4.79 Å². The molecule has 0 rings (SSSR count). The minimum absolute atomic E-state index is 0.0833. The summed E-state index contributed by atoms with van der Waals surface area (Å²) < 4.78 is 0. The molecule has 0 unspecified atom stereocenters. The topological polar surface area (TPSA) is 40.9 Å². The Morgan fingerprint density at radius 3 is 1.70 bits per heavy atom. The van der Waals surface area contributed by atoms with Gasteiger partial charge in [-0.1, -0.05) is 13.8 Å². The minimum atomic E-state index is -0.792. The largest absolute Gasteiger partial charge is 0.298 e. The third-order valence-electron chi connectivity index (χ3n) is 1.16. The van der Waals surface area contributed by atoms with Gasteiger partial charge in [-0.25, -0.2) is 0 Å². The molecule has 0 aromatic heterocycles. The van der Waals surface area contributed by atoms with Crippen LogP contribution in [0.25, 0.3) is 0 Å². The Labute approximate surface area is 62.9 Å². The van der Waals surface area contributed by atoms with E-state index in [-0.39, 0.29) is 5.78 Å². The molecule has 0 aromatic carbocycles. The fourth-order valence-corrected chi connectivity index (χ4v) is 0.0787.